The fourth-order valence-corrected chi connectivity index (χ4v) is 2.30. The fraction of sp³-hybridized carbons (Fsp3) is 0.357. The summed E-state index contributed by atoms with van der Waals surface area (Å²) >= 11 is 5.72. The summed E-state index contributed by atoms with van der Waals surface area (Å²) in [5.74, 6) is -0.559. The van der Waals surface area contributed by atoms with Gasteiger partial charge in [-0.3, -0.25) is 4.68 Å². The summed E-state index contributed by atoms with van der Waals surface area (Å²) in [4.78, 5) is 0. The fourth-order valence-electron chi connectivity index (χ4n) is 2.12. The van der Waals surface area contributed by atoms with E-state index >= 15 is 0 Å². The number of aliphatic hydroxyl groups is 1. The molecule has 1 heterocycles. The molecule has 0 bridgehead atoms. The first-order valence-electron chi connectivity index (χ1n) is 6.18. The van der Waals surface area contributed by atoms with Crippen LogP contribution >= 0.6 is 11.6 Å². The van der Waals surface area contributed by atoms with Crippen LogP contribution in [0, 0.1) is 12.7 Å². The Kier molecular flexibility index (Phi) is 4.22. The molecule has 102 valence electrons. The lowest BCUT2D eigenvalue weighted by Gasteiger charge is -2.13. The van der Waals surface area contributed by atoms with Crippen LogP contribution in [0.3, 0.4) is 0 Å². The van der Waals surface area contributed by atoms with Gasteiger partial charge in [-0.1, -0.05) is 23.7 Å². The van der Waals surface area contributed by atoms with Gasteiger partial charge in [0.1, 0.15) is 5.82 Å². The summed E-state index contributed by atoms with van der Waals surface area (Å²) in [5, 5.41) is 14.5. The molecular weight excluding hydrogens is 267 g/mol. The standard InChI is InChI=1S/C14H16ClFN2O/c1-3-18-10(7-9(2)17-18)8-13(19)11-5-4-6-12(15)14(11)16/h4-7,13,19H,3,8H2,1-2H3. The molecule has 0 aliphatic carbocycles. The minimum Gasteiger partial charge on any atom is -0.388 e. The smallest absolute Gasteiger partial charge is 0.147 e. The van der Waals surface area contributed by atoms with Crippen molar-refractivity contribution in [1.29, 1.82) is 0 Å². The van der Waals surface area contributed by atoms with E-state index in [4.69, 9.17) is 11.6 Å². The van der Waals surface area contributed by atoms with Crippen LogP contribution in [0.15, 0.2) is 24.3 Å². The van der Waals surface area contributed by atoms with Crippen LogP contribution in [0.25, 0.3) is 0 Å². The van der Waals surface area contributed by atoms with Crippen LogP contribution in [-0.2, 0) is 13.0 Å². The minimum atomic E-state index is -0.930. The van der Waals surface area contributed by atoms with Crippen LogP contribution < -0.4 is 0 Å². The van der Waals surface area contributed by atoms with Crippen molar-refractivity contribution < 1.29 is 9.50 Å². The number of rotatable bonds is 4. The van der Waals surface area contributed by atoms with Crippen molar-refractivity contribution in [3.8, 4) is 0 Å². The van der Waals surface area contributed by atoms with E-state index in [2.05, 4.69) is 5.10 Å². The van der Waals surface area contributed by atoms with Gasteiger partial charge in [-0.2, -0.15) is 5.10 Å². The molecule has 2 rings (SSSR count). The summed E-state index contributed by atoms with van der Waals surface area (Å²) in [5.41, 5.74) is 1.98. The molecule has 0 saturated heterocycles. The number of benzene rings is 1. The third kappa shape index (κ3) is 2.96. The predicted molar refractivity (Wildman–Crippen MR) is 72.7 cm³/mol. The van der Waals surface area contributed by atoms with Gasteiger partial charge in [0.05, 0.1) is 16.8 Å². The number of halogens is 2. The molecule has 0 aliphatic rings. The van der Waals surface area contributed by atoms with E-state index in [9.17, 15) is 9.50 Å². The summed E-state index contributed by atoms with van der Waals surface area (Å²) in [7, 11) is 0. The molecule has 1 aromatic carbocycles. The number of hydrogen-bond acceptors (Lipinski definition) is 2. The lowest BCUT2D eigenvalue weighted by Crippen LogP contribution is -2.09. The van der Waals surface area contributed by atoms with Crippen molar-refractivity contribution in [2.45, 2.75) is 32.9 Å². The molecule has 2 aromatic rings. The van der Waals surface area contributed by atoms with Crippen molar-refractivity contribution >= 4 is 11.6 Å². The summed E-state index contributed by atoms with van der Waals surface area (Å²) < 4.78 is 15.6. The topological polar surface area (TPSA) is 38.0 Å². The van der Waals surface area contributed by atoms with Crippen molar-refractivity contribution in [2.75, 3.05) is 0 Å². The highest BCUT2D eigenvalue weighted by Crippen LogP contribution is 2.26. The van der Waals surface area contributed by atoms with Gasteiger partial charge in [-0.25, -0.2) is 4.39 Å². The normalized spacial score (nSPS) is 12.7. The monoisotopic (exact) mass is 282 g/mol. The minimum absolute atomic E-state index is 0.0247. The van der Waals surface area contributed by atoms with Crippen molar-refractivity contribution in [1.82, 2.24) is 9.78 Å². The number of aryl methyl sites for hydroxylation is 2. The quantitative estimate of drug-likeness (QED) is 0.934. The molecule has 0 spiro atoms. The molecule has 0 saturated carbocycles. The van der Waals surface area contributed by atoms with Gasteiger partial charge in [-0.15, -0.1) is 0 Å². The maximum absolute atomic E-state index is 13.8. The zero-order valence-electron chi connectivity index (χ0n) is 10.9. The van der Waals surface area contributed by atoms with E-state index in [1.165, 1.54) is 6.07 Å². The second-order valence-corrected chi connectivity index (χ2v) is 4.86. The Morgan fingerprint density at radius 3 is 2.89 bits per heavy atom. The SMILES string of the molecule is CCn1nc(C)cc1CC(O)c1cccc(Cl)c1F. The van der Waals surface area contributed by atoms with Gasteiger partial charge in [0.25, 0.3) is 0 Å². The van der Waals surface area contributed by atoms with Gasteiger partial charge in [-0.05, 0) is 26.0 Å². The maximum atomic E-state index is 13.8. The number of nitrogens with zero attached hydrogens (tertiary/aromatic N) is 2. The lowest BCUT2D eigenvalue weighted by molar-refractivity contribution is 0.170. The predicted octanol–water partition coefficient (Wildman–Crippen LogP) is 3.28. The van der Waals surface area contributed by atoms with Gasteiger partial charge < -0.3 is 5.11 Å². The van der Waals surface area contributed by atoms with Crippen molar-refractivity contribution in [3.63, 3.8) is 0 Å². The molecule has 3 nitrogen and oxygen atoms in total. The summed E-state index contributed by atoms with van der Waals surface area (Å²) in [6, 6.07) is 6.54. The second-order valence-electron chi connectivity index (χ2n) is 4.46. The molecule has 1 N–H and O–H groups in total. The molecule has 1 aromatic heterocycles. The van der Waals surface area contributed by atoms with Crippen LogP contribution in [0.1, 0.15) is 30.0 Å². The van der Waals surface area contributed by atoms with E-state index in [-0.39, 0.29) is 10.6 Å². The first kappa shape index (κ1) is 14.0. The highest BCUT2D eigenvalue weighted by molar-refractivity contribution is 6.30. The molecule has 1 atom stereocenters. The molecule has 0 fully saturated rings. The largest absolute Gasteiger partial charge is 0.388 e. The molecular formula is C14H16ClFN2O. The highest BCUT2D eigenvalue weighted by atomic mass is 35.5. The van der Waals surface area contributed by atoms with Gasteiger partial charge in [0.15, 0.2) is 0 Å². The first-order valence-corrected chi connectivity index (χ1v) is 6.56. The van der Waals surface area contributed by atoms with Crippen LogP contribution in [0.5, 0.6) is 0 Å². The van der Waals surface area contributed by atoms with Crippen molar-refractivity contribution in [3.05, 3.63) is 52.1 Å². The lowest BCUT2D eigenvalue weighted by atomic mass is 10.0. The van der Waals surface area contributed by atoms with Crippen LogP contribution in [0.2, 0.25) is 5.02 Å². The Balaban J connectivity index is 2.25. The van der Waals surface area contributed by atoms with E-state index in [0.717, 1.165) is 11.4 Å². The number of aromatic nitrogens is 2. The van der Waals surface area contributed by atoms with Gasteiger partial charge >= 0.3 is 0 Å². The zero-order valence-corrected chi connectivity index (χ0v) is 11.7. The summed E-state index contributed by atoms with van der Waals surface area (Å²) in [6.07, 6.45) is -0.619. The summed E-state index contributed by atoms with van der Waals surface area (Å²) in [6.45, 7) is 4.58. The van der Waals surface area contributed by atoms with E-state index in [1.807, 2.05) is 19.9 Å². The average molecular weight is 283 g/mol. The molecule has 0 aliphatic heterocycles. The number of hydrogen-bond donors (Lipinski definition) is 1. The molecule has 0 radical (unpaired) electrons. The highest BCUT2D eigenvalue weighted by Gasteiger charge is 2.17. The van der Waals surface area contributed by atoms with Crippen molar-refractivity contribution in [2.24, 2.45) is 0 Å². The molecule has 19 heavy (non-hydrogen) atoms. The second kappa shape index (κ2) is 5.72. The van der Waals surface area contributed by atoms with Gasteiger partial charge in [0.2, 0.25) is 0 Å². The first-order chi connectivity index (χ1) is 9.02. The molecule has 0 amide bonds. The Morgan fingerprint density at radius 2 is 2.21 bits per heavy atom. The average Bonchev–Trinajstić information content (AvgIpc) is 2.72. The third-order valence-corrected chi connectivity index (χ3v) is 3.32. The van der Waals surface area contributed by atoms with Gasteiger partial charge in [0, 0.05) is 24.2 Å². The maximum Gasteiger partial charge on any atom is 0.147 e. The number of aliphatic hydroxyl groups excluding tert-OH is 1. The molecule has 5 heteroatoms. The van der Waals surface area contributed by atoms with Crippen LogP contribution in [-0.4, -0.2) is 14.9 Å². The van der Waals surface area contributed by atoms with Crippen LogP contribution in [0.4, 0.5) is 4.39 Å². The zero-order chi connectivity index (χ0) is 14.0. The Bertz CT molecular complexity index is 583. The van der Waals surface area contributed by atoms with E-state index in [1.54, 1.807) is 16.8 Å². The van der Waals surface area contributed by atoms with E-state index in [0.29, 0.717) is 13.0 Å². The Labute approximate surface area is 116 Å². The van der Waals surface area contributed by atoms with E-state index < -0.39 is 11.9 Å². The third-order valence-electron chi connectivity index (χ3n) is 3.03. The Morgan fingerprint density at radius 1 is 1.47 bits per heavy atom. The molecule has 1 unspecified atom stereocenters. The Hall–Kier alpha value is -1.39.